The van der Waals surface area contributed by atoms with Crippen molar-refractivity contribution >= 4 is 23.2 Å². The summed E-state index contributed by atoms with van der Waals surface area (Å²) in [6.07, 6.45) is 0. The van der Waals surface area contributed by atoms with Crippen molar-refractivity contribution in [1.29, 1.82) is 0 Å². The Morgan fingerprint density at radius 2 is 1.92 bits per heavy atom. The summed E-state index contributed by atoms with van der Waals surface area (Å²) < 4.78 is 11.0. The van der Waals surface area contributed by atoms with E-state index in [1.165, 1.54) is 0 Å². The van der Waals surface area contributed by atoms with Crippen LogP contribution in [0.4, 0.5) is 0 Å². The van der Waals surface area contributed by atoms with Crippen LogP contribution in [0.25, 0.3) is 0 Å². The van der Waals surface area contributed by atoms with Gasteiger partial charge in [-0.25, -0.2) is 0 Å². The fourth-order valence-electron chi connectivity index (χ4n) is 3.05. The second-order valence-corrected chi connectivity index (χ2v) is 6.30. The van der Waals surface area contributed by atoms with Gasteiger partial charge in [0.1, 0.15) is 0 Å². The molecular formula is C19H27N3O3S. The van der Waals surface area contributed by atoms with Gasteiger partial charge in [0.2, 0.25) is 0 Å². The first-order valence-corrected chi connectivity index (χ1v) is 9.25. The smallest absolute Gasteiger partial charge is 0.253 e. The average molecular weight is 378 g/mol. The average Bonchev–Trinajstić information content (AvgIpc) is 2.62. The quantitative estimate of drug-likeness (QED) is 0.713. The van der Waals surface area contributed by atoms with Gasteiger partial charge in [0.05, 0.1) is 25.3 Å². The zero-order valence-corrected chi connectivity index (χ0v) is 16.8. The molecule has 1 amide bonds. The number of ether oxygens (including phenoxy) is 2. The molecule has 2 rings (SSSR count). The maximum Gasteiger partial charge on any atom is 0.253 e. The number of thiocarbonyl (C=S) groups is 1. The Morgan fingerprint density at radius 3 is 2.50 bits per heavy atom. The van der Waals surface area contributed by atoms with Gasteiger partial charge in [-0.05, 0) is 57.6 Å². The summed E-state index contributed by atoms with van der Waals surface area (Å²) in [6, 6.07) is 5.33. The molecule has 6 nitrogen and oxygen atoms in total. The molecule has 0 fully saturated rings. The first-order valence-electron chi connectivity index (χ1n) is 8.84. The Balaban J connectivity index is 2.50. The third-order valence-corrected chi connectivity index (χ3v) is 4.59. The molecule has 1 aliphatic heterocycles. The third kappa shape index (κ3) is 4.09. The Bertz CT molecular complexity index is 714. The molecule has 0 spiro atoms. The van der Waals surface area contributed by atoms with Gasteiger partial charge in [0.25, 0.3) is 5.91 Å². The Kier molecular flexibility index (Phi) is 6.85. The van der Waals surface area contributed by atoms with Gasteiger partial charge in [-0.3, -0.25) is 4.79 Å². The molecule has 0 aliphatic carbocycles. The van der Waals surface area contributed by atoms with E-state index in [2.05, 4.69) is 10.6 Å². The SMILES string of the molecule is CCOc1cc([C@@H]2NC(=S)NC(C)=C2C(=O)N(CC)CC)ccc1OC. The highest BCUT2D eigenvalue weighted by Crippen LogP contribution is 2.34. The number of allylic oxidation sites excluding steroid dienone is 1. The highest BCUT2D eigenvalue weighted by atomic mass is 32.1. The normalized spacial score (nSPS) is 16.7. The van der Waals surface area contributed by atoms with Crippen molar-refractivity contribution in [3.63, 3.8) is 0 Å². The van der Waals surface area contributed by atoms with Crippen molar-refractivity contribution in [2.24, 2.45) is 0 Å². The Hall–Kier alpha value is -2.28. The number of hydrogen-bond donors (Lipinski definition) is 2. The maximum atomic E-state index is 13.1. The van der Waals surface area contributed by atoms with Gasteiger partial charge in [-0.2, -0.15) is 0 Å². The van der Waals surface area contributed by atoms with E-state index >= 15 is 0 Å². The van der Waals surface area contributed by atoms with Gasteiger partial charge in [-0.1, -0.05) is 6.07 Å². The van der Waals surface area contributed by atoms with Crippen LogP contribution >= 0.6 is 12.2 Å². The molecule has 0 radical (unpaired) electrons. The molecule has 2 N–H and O–H groups in total. The fraction of sp³-hybridized carbons (Fsp3) is 0.474. The molecule has 1 aliphatic rings. The van der Waals surface area contributed by atoms with E-state index in [1.807, 2.05) is 45.9 Å². The van der Waals surface area contributed by atoms with Crippen LogP contribution in [0.15, 0.2) is 29.5 Å². The minimum Gasteiger partial charge on any atom is -0.493 e. The summed E-state index contributed by atoms with van der Waals surface area (Å²) in [6.45, 7) is 9.57. The number of carbonyl (C=O) groups excluding carboxylic acids is 1. The minimum atomic E-state index is -0.345. The van der Waals surface area contributed by atoms with Crippen LogP contribution in [0.3, 0.4) is 0 Å². The van der Waals surface area contributed by atoms with E-state index in [1.54, 1.807) is 12.0 Å². The van der Waals surface area contributed by atoms with Crippen molar-refractivity contribution in [3.8, 4) is 11.5 Å². The summed E-state index contributed by atoms with van der Waals surface area (Å²) in [4.78, 5) is 14.9. The summed E-state index contributed by atoms with van der Waals surface area (Å²) in [5, 5.41) is 6.79. The van der Waals surface area contributed by atoms with Gasteiger partial charge in [0, 0.05) is 18.8 Å². The molecule has 0 unspecified atom stereocenters. The van der Waals surface area contributed by atoms with Gasteiger partial charge >= 0.3 is 0 Å². The van der Waals surface area contributed by atoms with Crippen LogP contribution in [0.2, 0.25) is 0 Å². The lowest BCUT2D eigenvalue weighted by molar-refractivity contribution is -0.127. The van der Waals surface area contributed by atoms with E-state index in [9.17, 15) is 4.79 Å². The Labute approximate surface area is 160 Å². The summed E-state index contributed by atoms with van der Waals surface area (Å²) >= 11 is 5.32. The molecule has 0 aromatic heterocycles. The largest absolute Gasteiger partial charge is 0.493 e. The van der Waals surface area contributed by atoms with E-state index in [-0.39, 0.29) is 11.9 Å². The zero-order chi connectivity index (χ0) is 19.3. The number of amides is 1. The van der Waals surface area contributed by atoms with Crippen molar-refractivity contribution in [1.82, 2.24) is 15.5 Å². The Morgan fingerprint density at radius 1 is 1.23 bits per heavy atom. The number of nitrogens with zero attached hydrogens (tertiary/aromatic N) is 1. The lowest BCUT2D eigenvalue weighted by Crippen LogP contribution is -2.47. The van der Waals surface area contributed by atoms with Gasteiger partial charge in [-0.15, -0.1) is 0 Å². The molecule has 1 atom stereocenters. The van der Waals surface area contributed by atoms with Crippen molar-refractivity contribution < 1.29 is 14.3 Å². The summed E-state index contributed by atoms with van der Waals surface area (Å²) in [7, 11) is 1.61. The number of rotatable bonds is 7. The van der Waals surface area contributed by atoms with Crippen LogP contribution in [-0.2, 0) is 4.79 Å². The monoisotopic (exact) mass is 377 g/mol. The van der Waals surface area contributed by atoms with E-state index < -0.39 is 0 Å². The topological polar surface area (TPSA) is 62.8 Å². The summed E-state index contributed by atoms with van der Waals surface area (Å²) in [5.41, 5.74) is 2.33. The molecular weight excluding hydrogens is 350 g/mol. The molecule has 26 heavy (non-hydrogen) atoms. The number of benzene rings is 1. The number of carbonyl (C=O) groups is 1. The van der Waals surface area contributed by atoms with Crippen LogP contribution < -0.4 is 20.1 Å². The lowest BCUT2D eigenvalue weighted by atomic mass is 9.94. The summed E-state index contributed by atoms with van der Waals surface area (Å²) in [5.74, 6) is 1.30. The number of nitrogens with one attached hydrogen (secondary N) is 2. The highest BCUT2D eigenvalue weighted by molar-refractivity contribution is 7.80. The molecule has 1 aromatic rings. The van der Waals surface area contributed by atoms with Crippen LogP contribution in [0, 0.1) is 0 Å². The third-order valence-electron chi connectivity index (χ3n) is 4.37. The van der Waals surface area contributed by atoms with Gasteiger partial charge < -0.3 is 25.0 Å². The predicted octanol–water partition coefficient (Wildman–Crippen LogP) is 2.76. The number of methoxy groups -OCH3 is 1. The predicted molar refractivity (Wildman–Crippen MR) is 106 cm³/mol. The van der Waals surface area contributed by atoms with Crippen LogP contribution in [0.1, 0.15) is 39.3 Å². The van der Waals surface area contributed by atoms with Crippen molar-refractivity contribution in [2.75, 3.05) is 26.8 Å². The fourth-order valence-corrected chi connectivity index (χ4v) is 3.32. The lowest BCUT2D eigenvalue weighted by Gasteiger charge is -2.33. The van der Waals surface area contributed by atoms with Crippen LogP contribution in [-0.4, -0.2) is 42.7 Å². The zero-order valence-electron chi connectivity index (χ0n) is 16.0. The van der Waals surface area contributed by atoms with Crippen molar-refractivity contribution in [2.45, 2.75) is 33.7 Å². The highest BCUT2D eigenvalue weighted by Gasteiger charge is 2.32. The number of likely N-dealkylation sites (N-methyl/N-ethyl adjacent to an activating group) is 1. The molecule has 0 saturated heterocycles. The van der Waals surface area contributed by atoms with E-state index in [0.717, 1.165) is 11.3 Å². The van der Waals surface area contributed by atoms with Gasteiger partial charge in [0.15, 0.2) is 16.6 Å². The number of hydrogen-bond acceptors (Lipinski definition) is 4. The first kappa shape index (κ1) is 20.0. The molecule has 0 saturated carbocycles. The standard InChI is InChI=1S/C19H27N3O3S/c1-6-22(7-2)18(23)16-12(4)20-19(26)21-17(16)13-9-10-14(24-5)15(11-13)25-8-3/h9-11,17H,6-8H2,1-5H3,(H2,20,21,26)/t17-/m0/s1. The van der Waals surface area contributed by atoms with Crippen molar-refractivity contribution in [3.05, 3.63) is 35.0 Å². The van der Waals surface area contributed by atoms with E-state index in [0.29, 0.717) is 41.9 Å². The molecule has 0 bridgehead atoms. The second kappa shape index (κ2) is 8.89. The molecule has 1 aromatic carbocycles. The first-order chi connectivity index (χ1) is 12.5. The molecule has 1 heterocycles. The molecule has 7 heteroatoms. The minimum absolute atomic E-state index is 0.00576. The van der Waals surface area contributed by atoms with E-state index in [4.69, 9.17) is 21.7 Å². The van der Waals surface area contributed by atoms with Crippen LogP contribution in [0.5, 0.6) is 11.5 Å². The maximum absolute atomic E-state index is 13.1. The second-order valence-electron chi connectivity index (χ2n) is 5.89. The molecule has 142 valence electrons.